The van der Waals surface area contributed by atoms with Crippen LogP contribution in [0.2, 0.25) is 0 Å². The van der Waals surface area contributed by atoms with Crippen molar-refractivity contribution in [1.82, 2.24) is 19.7 Å². The molecule has 1 atom stereocenters. The first kappa shape index (κ1) is 14.1. The summed E-state index contributed by atoms with van der Waals surface area (Å²) in [5.74, 6) is 1.02. The Kier molecular flexibility index (Phi) is 4.39. The van der Waals surface area contributed by atoms with Gasteiger partial charge in [0.2, 0.25) is 5.91 Å². The van der Waals surface area contributed by atoms with E-state index in [2.05, 4.69) is 20.6 Å². The van der Waals surface area contributed by atoms with Gasteiger partial charge in [0, 0.05) is 31.4 Å². The lowest BCUT2D eigenvalue weighted by atomic mass is 10.2. The molecule has 7 nitrogen and oxygen atoms in total. The van der Waals surface area contributed by atoms with Gasteiger partial charge < -0.3 is 20.8 Å². The van der Waals surface area contributed by atoms with Gasteiger partial charge in [0.05, 0.1) is 6.20 Å². The van der Waals surface area contributed by atoms with Crippen molar-refractivity contribution in [3.8, 4) is 0 Å². The molecule has 0 aliphatic heterocycles. The molecule has 2 rings (SSSR count). The number of nitrogen functional groups attached to an aromatic ring is 1. The van der Waals surface area contributed by atoms with Crippen LogP contribution in [0.25, 0.3) is 5.65 Å². The zero-order valence-electron chi connectivity index (χ0n) is 11.8. The average Bonchev–Trinajstić information content (AvgIpc) is 2.86. The highest BCUT2D eigenvalue weighted by Gasteiger charge is 2.08. The largest absolute Gasteiger partial charge is 0.382 e. The maximum Gasteiger partial charge on any atom is 0.221 e. The molecule has 2 heterocycles. The molecule has 0 spiro atoms. The minimum atomic E-state index is 0.0233. The van der Waals surface area contributed by atoms with E-state index in [4.69, 9.17) is 5.73 Å². The number of nitrogens with zero attached hydrogens (tertiary/aromatic N) is 3. The number of aromatic nitrogens is 3. The van der Waals surface area contributed by atoms with Gasteiger partial charge in [-0.15, -0.1) is 0 Å². The molecule has 7 heteroatoms. The topological polar surface area (TPSA) is 97.3 Å². The van der Waals surface area contributed by atoms with Gasteiger partial charge in [-0.2, -0.15) is 0 Å². The fourth-order valence-corrected chi connectivity index (χ4v) is 1.81. The van der Waals surface area contributed by atoms with E-state index in [1.54, 1.807) is 23.0 Å². The smallest absolute Gasteiger partial charge is 0.221 e. The maximum atomic E-state index is 11.7. The number of fused-ring (bicyclic) bond motifs is 1. The number of anilines is 2. The Morgan fingerprint density at radius 3 is 3.10 bits per heavy atom. The summed E-state index contributed by atoms with van der Waals surface area (Å²) in [6, 6.07) is 0.201. The van der Waals surface area contributed by atoms with Crippen molar-refractivity contribution in [3.05, 3.63) is 18.6 Å². The molecule has 0 aliphatic carbocycles. The van der Waals surface area contributed by atoms with Crippen molar-refractivity contribution in [3.63, 3.8) is 0 Å². The first-order valence-corrected chi connectivity index (χ1v) is 6.72. The fraction of sp³-hybridized carbons (Fsp3) is 0.462. The third kappa shape index (κ3) is 3.37. The molecular weight excluding hydrogens is 256 g/mol. The van der Waals surface area contributed by atoms with E-state index in [1.165, 1.54) is 0 Å². The number of carbonyl (C=O) groups is 1. The molecule has 2 aromatic heterocycles. The Morgan fingerprint density at radius 1 is 1.55 bits per heavy atom. The number of rotatable bonds is 6. The van der Waals surface area contributed by atoms with Crippen LogP contribution in [0.4, 0.5) is 11.6 Å². The van der Waals surface area contributed by atoms with E-state index in [-0.39, 0.29) is 11.9 Å². The molecule has 0 bridgehead atoms. The van der Waals surface area contributed by atoms with E-state index in [1.807, 2.05) is 13.8 Å². The molecule has 20 heavy (non-hydrogen) atoms. The summed E-state index contributed by atoms with van der Waals surface area (Å²) in [4.78, 5) is 20.1. The molecule has 4 N–H and O–H groups in total. The molecular formula is C13H20N6O. The Labute approximate surface area is 117 Å². The van der Waals surface area contributed by atoms with Gasteiger partial charge in [-0.25, -0.2) is 9.97 Å². The van der Waals surface area contributed by atoms with Crippen molar-refractivity contribution in [2.45, 2.75) is 32.7 Å². The summed E-state index contributed by atoms with van der Waals surface area (Å²) < 4.78 is 1.80. The lowest BCUT2D eigenvalue weighted by Gasteiger charge is -2.12. The van der Waals surface area contributed by atoms with Crippen LogP contribution in [0.3, 0.4) is 0 Å². The molecule has 108 valence electrons. The van der Waals surface area contributed by atoms with Crippen molar-refractivity contribution in [2.75, 3.05) is 17.6 Å². The van der Waals surface area contributed by atoms with E-state index in [9.17, 15) is 4.79 Å². The molecule has 1 unspecified atom stereocenters. The van der Waals surface area contributed by atoms with Gasteiger partial charge >= 0.3 is 0 Å². The zero-order chi connectivity index (χ0) is 14.5. The van der Waals surface area contributed by atoms with Gasteiger partial charge in [-0.05, 0) is 13.3 Å². The normalized spacial score (nSPS) is 12.3. The summed E-state index contributed by atoms with van der Waals surface area (Å²) >= 11 is 0. The van der Waals surface area contributed by atoms with Crippen molar-refractivity contribution in [1.29, 1.82) is 0 Å². The first-order valence-electron chi connectivity index (χ1n) is 6.72. The molecule has 0 aliphatic rings. The third-order valence-corrected chi connectivity index (χ3v) is 3.06. The van der Waals surface area contributed by atoms with Crippen LogP contribution in [-0.4, -0.2) is 32.9 Å². The standard InChI is InChI=1S/C13H20N6O/c1-3-9(2)17-11(20)4-5-15-12-13-16-6-7-19(13)8-10(14)18-12/h6-9H,3-5,14H2,1-2H3,(H,15,18)(H,17,20). The fourth-order valence-electron chi connectivity index (χ4n) is 1.81. The minimum absolute atomic E-state index is 0.0233. The molecule has 0 fully saturated rings. The molecule has 0 saturated carbocycles. The van der Waals surface area contributed by atoms with E-state index in [0.29, 0.717) is 30.2 Å². The summed E-state index contributed by atoms with van der Waals surface area (Å²) in [6.45, 7) is 4.51. The predicted octanol–water partition coefficient (Wildman–Crippen LogP) is 1.03. The van der Waals surface area contributed by atoms with E-state index >= 15 is 0 Å². The van der Waals surface area contributed by atoms with Gasteiger partial charge in [0.25, 0.3) is 0 Å². The molecule has 0 saturated heterocycles. The molecule has 0 radical (unpaired) electrons. The highest BCUT2D eigenvalue weighted by Crippen LogP contribution is 2.14. The second-order valence-corrected chi connectivity index (χ2v) is 4.73. The summed E-state index contributed by atoms with van der Waals surface area (Å²) in [7, 11) is 0. The molecule has 0 aromatic carbocycles. The number of hydrogen-bond donors (Lipinski definition) is 3. The SMILES string of the molecule is CCC(C)NC(=O)CCNc1nc(N)cn2ccnc12. The Bertz CT molecular complexity index is 594. The first-order chi connectivity index (χ1) is 9.60. The van der Waals surface area contributed by atoms with Crippen LogP contribution in [0, 0.1) is 0 Å². The molecule has 1 amide bonds. The third-order valence-electron chi connectivity index (χ3n) is 3.06. The van der Waals surface area contributed by atoms with Crippen molar-refractivity contribution < 1.29 is 4.79 Å². The number of imidazole rings is 1. The quantitative estimate of drug-likeness (QED) is 0.732. The average molecular weight is 276 g/mol. The predicted molar refractivity (Wildman–Crippen MR) is 78.4 cm³/mol. The van der Waals surface area contributed by atoms with Crippen LogP contribution < -0.4 is 16.4 Å². The van der Waals surface area contributed by atoms with Gasteiger partial charge in [-0.1, -0.05) is 6.92 Å². The van der Waals surface area contributed by atoms with Gasteiger partial charge in [0.1, 0.15) is 5.82 Å². The van der Waals surface area contributed by atoms with E-state index in [0.717, 1.165) is 6.42 Å². The van der Waals surface area contributed by atoms with E-state index < -0.39 is 0 Å². The van der Waals surface area contributed by atoms with Gasteiger partial charge in [0.15, 0.2) is 11.5 Å². The van der Waals surface area contributed by atoms with Crippen molar-refractivity contribution >= 4 is 23.2 Å². The number of nitrogens with one attached hydrogen (secondary N) is 2. The monoisotopic (exact) mass is 276 g/mol. The number of carbonyl (C=O) groups excluding carboxylic acids is 1. The van der Waals surface area contributed by atoms with Crippen molar-refractivity contribution in [2.24, 2.45) is 0 Å². The summed E-state index contributed by atoms with van der Waals surface area (Å²) in [5, 5.41) is 6.02. The maximum absolute atomic E-state index is 11.7. The molecule has 2 aromatic rings. The second kappa shape index (κ2) is 6.23. The highest BCUT2D eigenvalue weighted by atomic mass is 16.1. The number of amides is 1. The number of hydrogen-bond acceptors (Lipinski definition) is 5. The van der Waals surface area contributed by atoms with Crippen LogP contribution in [0.5, 0.6) is 0 Å². The lowest BCUT2D eigenvalue weighted by molar-refractivity contribution is -0.121. The van der Waals surface area contributed by atoms with Crippen LogP contribution in [0.15, 0.2) is 18.6 Å². The lowest BCUT2D eigenvalue weighted by Crippen LogP contribution is -2.33. The Balaban J connectivity index is 1.93. The highest BCUT2D eigenvalue weighted by molar-refractivity contribution is 5.77. The Hall–Kier alpha value is -2.31. The van der Waals surface area contributed by atoms with Gasteiger partial charge in [-0.3, -0.25) is 4.79 Å². The minimum Gasteiger partial charge on any atom is -0.382 e. The van der Waals surface area contributed by atoms with Crippen LogP contribution in [0.1, 0.15) is 26.7 Å². The van der Waals surface area contributed by atoms with Crippen LogP contribution >= 0.6 is 0 Å². The Morgan fingerprint density at radius 2 is 2.35 bits per heavy atom. The zero-order valence-corrected chi connectivity index (χ0v) is 11.8. The number of nitrogens with two attached hydrogens (primary N) is 1. The summed E-state index contributed by atoms with van der Waals surface area (Å²) in [6.07, 6.45) is 6.48. The second-order valence-electron chi connectivity index (χ2n) is 4.73. The summed E-state index contributed by atoms with van der Waals surface area (Å²) in [5.41, 5.74) is 6.42. The van der Waals surface area contributed by atoms with Crippen LogP contribution in [-0.2, 0) is 4.79 Å².